The number of likely N-dealkylation sites (N-methyl/N-ethyl adjacent to an activating group) is 1. The van der Waals surface area contributed by atoms with E-state index in [-0.39, 0.29) is 32.5 Å². The molecule has 0 spiro atoms. The molecule has 1 unspecified atom stereocenters. The molecule has 236 valence electrons. The average Bonchev–Trinajstić information content (AvgIpc) is 2.87. The number of phosphoric ester groups is 1. The molecule has 0 saturated carbocycles. The lowest BCUT2D eigenvalue weighted by molar-refractivity contribution is -0.870. The lowest BCUT2D eigenvalue weighted by atomic mass is 10.0. The van der Waals surface area contributed by atoms with E-state index in [9.17, 15) is 23.8 Å². The quantitative estimate of drug-likeness (QED) is 0.0380. The summed E-state index contributed by atoms with van der Waals surface area (Å²) in [6, 6.07) is 0. The van der Waals surface area contributed by atoms with Crippen LogP contribution in [0, 0.1) is 0 Å². The number of phosphoric acid groups is 1. The van der Waals surface area contributed by atoms with Gasteiger partial charge >= 0.3 is 11.9 Å². The van der Waals surface area contributed by atoms with Crippen LogP contribution in [0.1, 0.15) is 116 Å². The molecule has 0 fully saturated rings. The molecule has 2 atom stereocenters. The van der Waals surface area contributed by atoms with Crippen molar-refractivity contribution < 1.29 is 46.8 Å². The summed E-state index contributed by atoms with van der Waals surface area (Å²) in [5.41, 5.74) is 0. The van der Waals surface area contributed by atoms with Crippen LogP contribution in [0.5, 0.6) is 0 Å². The summed E-state index contributed by atoms with van der Waals surface area (Å²) in [6.45, 7) is 1.77. The van der Waals surface area contributed by atoms with E-state index >= 15 is 0 Å². The summed E-state index contributed by atoms with van der Waals surface area (Å²) in [6.07, 6.45) is 16.0. The van der Waals surface area contributed by atoms with Crippen LogP contribution in [-0.2, 0) is 37.5 Å². The molecule has 0 aliphatic heterocycles. The number of carbonyl (C=O) groups excluding carboxylic acids is 3. The summed E-state index contributed by atoms with van der Waals surface area (Å²) in [4.78, 5) is 46.8. The van der Waals surface area contributed by atoms with Crippen molar-refractivity contribution >= 4 is 26.0 Å². The Hall–Kier alpha value is -1.32. The number of carbonyl (C=O) groups is 3. The van der Waals surface area contributed by atoms with Gasteiger partial charge in [-0.05, 0) is 12.8 Å². The van der Waals surface area contributed by atoms with Gasteiger partial charge in [-0.15, -0.1) is 0 Å². The molecule has 0 amide bonds. The Labute approximate surface area is 242 Å². The summed E-state index contributed by atoms with van der Waals surface area (Å²) >= 11 is 0. The molecular weight excluding hydrogens is 537 g/mol. The first kappa shape index (κ1) is 38.7. The van der Waals surface area contributed by atoms with Crippen LogP contribution in [0.15, 0.2) is 0 Å². The zero-order valence-corrected chi connectivity index (χ0v) is 26.5. The van der Waals surface area contributed by atoms with Crippen molar-refractivity contribution in [2.45, 2.75) is 122 Å². The van der Waals surface area contributed by atoms with Crippen molar-refractivity contribution in [2.75, 3.05) is 47.5 Å². The standard InChI is InChI=1S/C29H56NO9P/c1-5-6-7-8-9-10-11-12-13-14-15-16-17-20-28(32)36-25-27(39-29(33)21-18-19-23-31)26-38-40(34,35)37-24-22-30(2,3)4/h23,27H,5-22,24-26H2,1-4H3/t27-/m0/s1. The van der Waals surface area contributed by atoms with E-state index in [0.717, 1.165) is 19.3 Å². The third kappa shape index (κ3) is 26.9. The van der Waals surface area contributed by atoms with Crippen LogP contribution < -0.4 is 4.89 Å². The first-order valence-electron chi connectivity index (χ1n) is 15.2. The van der Waals surface area contributed by atoms with Crippen LogP contribution in [0.4, 0.5) is 0 Å². The third-order valence-corrected chi connectivity index (χ3v) is 7.31. The Morgan fingerprint density at radius 2 is 1.30 bits per heavy atom. The fraction of sp³-hybridized carbons (Fsp3) is 0.897. The molecule has 0 aliphatic carbocycles. The zero-order chi connectivity index (χ0) is 30.1. The van der Waals surface area contributed by atoms with Gasteiger partial charge in [-0.3, -0.25) is 14.2 Å². The fourth-order valence-corrected chi connectivity index (χ4v) is 4.60. The number of nitrogens with zero attached hydrogens (tertiary/aromatic N) is 1. The highest BCUT2D eigenvalue weighted by Crippen LogP contribution is 2.38. The highest BCUT2D eigenvalue weighted by atomic mass is 31.2. The van der Waals surface area contributed by atoms with Gasteiger partial charge in [-0.1, -0.05) is 84.0 Å². The van der Waals surface area contributed by atoms with Crippen molar-refractivity contribution in [2.24, 2.45) is 0 Å². The van der Waals surface area contributed by atoms with E-state index in [1.54, 1.807) is 0 Å². The SMILES string of the molecule is CCCCCCCCCCCCCCCC(=O)OC[C@@H](COP(=O)([O-])OCC[N+](C)(C)C)OC(=O)CCCC=O. The van der Waals surface area contributed by atoms with E-state index in [2.05, 4.69) is 6.92 Å². The number of rotatable bonds is 28. The smallest absolute Gasteiger partial charge is 0.306 e. The Bertz CT molecular complexity index is 712. The minimum Gasteiger partial charge on any atom is -0.756 e. The van der Waals surface area contributed by atoms with E-state index < -0.39 is 32.5 Å². The number of ether oxygens (including phenoxy) is 2. The molecule has 0 radical (unpaired) electrons. The highest BCUT2D eigenvalue weighted by Gasteiger charge is 2.21. The van der Waals surface area contributed by atoms with Crippen LogP contribution in [0.3, 0.4) is 0 Å². The second-order valence-corrected chi connectivity index (χ2v) is 12.8. The fourth-order valence-electron chi connectivity index (χ4n) is 3.87. The normalized spacial score (nSPS) is 13.9. The minimum atomic E-state index is -4.63. The van der Waals surface area contributed by atoms with Crippen LogP contribution >= 0.6 is 7.82 Å². The molecule has 0 rings (SSSR count). The summed E-state index contributed by atoms with van der Waals surface area (Å²) < 4.78 is 32.9. The van der Waals surface area contributed by atoms with Crippen LogP contribution in [0.2, 0.25) is 0 Å². The van der Waals surface area contributed by atoms with Gasteiger partial charge < -0.3 is 32.7 Å². The van der Waals surface area contributed by atoms with Crippen molar-refractivity contribution in [1.29, 1.82) is 0 Å². The van der Waals surface area contributed by atoms with Gasteiger partial charge in [0.2, 0.25) is 0 Å². The van der Waals surface area contributed by atoms with E-state index in [0.29, 0.717) is 30.2 Å². The van der Waals surface area contributed by atoms with E-state index in [1.165, 1.54) is 57.8 Å². The lowest BCUT2D eigenvalue weighted by Gasteiger charge is -2.28. The molecule has 0 aromatic heterocycles. The topological polar surface area (TPSA) is 128 Å². The predicted molar refractivity (Wildman–Crippen MR) is 153 cm³/mol. The molecule has 0 N–H and O–H groups in total. The van der Waals surface area contributed by atoms with Crippen LogP contribution in [0.25, 0.3) is 0 Å². The number of hydrogen-bond acceptors (Lipinski definition) is 9. The molecular formula is C29H56NO9P. The maximum atomic E-state index is 12.2. The summed E-state index contributed by atoms with van der Waals surface area (Å²) in [5, 5.41) is 0. The maximum absolute atomic E-state index is 12.2. The minimum absolute atomic E-state index is 0.0167. The number of esters is 2. The largest absolute Gasteiger partial charge is 0.756 e. The number of hydrogen-bond donors (Lipinski definition) is 0. The third-order valence-electron chi connectivity index (χ3n) is 6.35. The van der Waals surface area contributed by atoms with Gasteiger partial charge in [0.05, 0.1) is 27.7 Å². The molecule has 10 nitrogen and oxygen atoms in total. The first-order chi connectivity index (χ1) is 19.0. The second kappa shape index (κ2) is 24.3. The lowest BCUT2D eigenvalue weighted by Crippen LogP contribution is -2.37. The number of unbranched alkanes of at least 4 members (excludes halogenated alkanes) is 13. The maximum Gasteiger partial charge on any atom is 0.306 e. The highest BCUT2D eigenvalue weighted by molar-refractivity contribution is 7.45. The van der Waals surface area contributed by atoms with Crippen LogP contribution in [-0.4, -0.2) is 76.3 Å². The molecule has 40 heavy (non-hydrogen) atoms. The van der Waals surface area contributed by atoms with Crippen molar-refractivity contribution in [3.8, 4) is 0 Å². The molecule has 0 aliphatic rings. The molecule has 0 aromatic rings. The molecule has 0 heterocycles. The van der Waals surface area contributed by atoms with Gasteiger partial charge in [-0.25, -0.2) is 0 Å². The van der Waals surface area contributed by atoms with Crippen molar-refractivity contribution in [3.05, 3.63) is 0 Å². The first-order valence-corrected chi connectivity index (χ1v) is 16.6. The monoisotopic (exact) mass is 593 g/mol. The molecule has 11 heteroatoms. The van der Waals surface area contributed by atoms with Crippen molar-refractivity contribution in [3.63, 3.8) is 0 Å². The second-order valence-electron chi connectivity index (χ2n) is 11.4. The zero-order valence-electron chi connectivity index (χ0n) is 25.6. The molecule has 0 aromatic carbocycles. The summed E-state index contributed by atoms with van der Waals surface area (Å²) in [7, 11) is 1.05. The van der Waals surface area contributed by atoms with Gasteiger partial charge in [0.25, 0.3) is 7.82 Å². The molecule has 0 saturated heterocycles. The van der Waals surface area contributed by atoms with E-state index in [4.69, 9.17) is 18.5 Å². The Balaban J connectivity index is 4.27. The van der Waals surface area contributed by atoms with Crippen molar-refractivity contribution in [1.82, 2.24) is 0 Å². The van der Waals surface area contributed by atoms with E-state index in [1.807, 2.05) is 21.1 Å². The Kier molecular flexibility index (Phi) is 23.5. The number of aldehydes is 1. The Morgan fingerprint density at radius 1 is 0.775 bits per heavy atom. The number of quaternary nitrogens is 1. The van der Waals surface area contributed by atoms with Gasteiger partial charge in [0.1, 0.15) is 26.0 Å². The van der Waals surface area contributed by atoms with Gasteiger partial charge in [0, 0.05) is 19.3 Å². The molecule has 0 bridgehead atoms. The Morgan fingerprint density at radius 3 is 1.82 bits per heavy atom. The average molecular weight is 594 g/mol. The van der Waals surface area contributed by atoms with Gasteiger partial charge in [0.15, 0.2) is 6.10 Å². The summed E-state index contributed by atoms with van der Waals surface area (Å²) in [5.74, 6) is -1.07. The predicted octanol–water partition coefficient (Wildman–Crippen LogP) is 5.50. The van der Waals surface area contributed by atoms with Gasteiger partial charge in [-0.2, -0.15) is 0 Å².